The van der Waals surface area contributed by atoms with Crippen molar-refractivity contribution in [3.05, 3.63) is 51.7 Å². The number of hydroxylamine groups is 1. The smallest absolute Gasteiger partial charge is 0.301 e. The van der Waals surface area contributed by atoms with Gasteiger partial charge in [-0.25, -0.2) is 4.74 Å². The van der Waals surface area contributed by atoms with Crippen LogP contribution in [0.2, 0.25) is 0 Å². The first-order valence-electron chi connectivity index (χ1n) is 7.36. The number of rotatable bonds is 6. The Morgan fingerprint density at radius 3 is 2.29 bits per heavy atom. The molecule has 0 aromatic rings. The number of Topliss-reactive ketones (excluding diaryl/α,β-unsaturated/α-hetero) is 1. The molecule has 0 heterocycles. The summed E-state index contributed by atoms with van der Waals surface area (Å²) in [6, 6.07) is 0. The van der Waals surface area contributed by atoms with E-state index >= 15 is 0 Å². The molecule has 0 N–H and O–H groups in total. The predicted molar refractivity (Wildman–Crippen MR) is 85.3 cm³/mol. The molecule has 24 heavy (non-hydrogen) atoms. The SMILES string of the molecule is CC(C)=CCC/C(C)=C/COC1=C(F)C(=O)/C(=[N+](/C)[O-])C(F)=C1F. The third-order valence-electron chi connectivity index (χ3n) is 3.28. The Balaban J connectivity index is 2.83. The molecule has 0 aromatic heterocycles. The standard InChI is InChI=1S/C17H20F3NO3/c1-10(2)6-5-7-11(3)8-9-24-17-13(19)12(18)15(21(4)23)16(22)14(17)20/h6,8H,5,7,9H2,1-4H3/b11-8+,21-15-. The van der Waals surface area contributed by atoms with Crippen LogP contribution in [0.3, 0.4) is 0 Å². The van der Waals surface area contributed by atoms with Crippen LogP contribution in [0.1, 0.15) is 33.6 Å². The number of carbonyl (C=O) groups is 1. The third kappa shape index (κ3) is 4.84. The Morgan fingerprint density at radius 2 is 1.75 bits per heavy atom. The topological polar surface area (TPSA) is 52.4 Å². The number of nitrogens with zero attached hydrogens (tertiary/aromatic N) is 1. The molecule has 7 heteroatoms. The lowest BCUT2D eigenvalue weighted by molar-refractivity contribution is -0.421. The first kappa shape index (κ1) is 19.7. The summed E-state index contributed by atoms with van der Waals surface area (Å²) in [5, 5.41) is 11.0. The highest BCUT2D eigenvalue weighted by atomic mass is 19.2. The maximum Gasteiger partial charge on any atom is 0.301 e. The van der Waals surface area contributed by atoms with Crippen molar-refractivity contribution in [1.82, 2.24) is 0 Å². The Labute approximate surface area is 138 Å². The Hall–Kier alpha value is -2.31. The summed E-state index contributed by atoms with van der Waals surface area (Å²) in [6.07, 6.45) is 5.19. The molecule has 0 atom stereocenters. The van der Waals surface area contributed by atoms with E-state index in [0.717, 1.165) is 25.5 Å². The average Bonchev–Trinajstić information content (AvgIpc) is 2.48. The average molecular weight is 343 g/mol. The van der Waals surface area contributed by atoms with Gasteiger partial charge in [0.1, 0.15) is 13.7 Å². The van der Waals surface area contributed by atoms with E-state index in [1.165, 1.54) is 5.57 Å². The van der Waals surface area contributed by atoms with E-state index in [2.05, 4.69) is 6.08 Å². The van der Waals surface area contributed by atoms with E-state index < -0.39 is 34.7 Å². The molecule has 0 aliphatic heterocycles. The van der Waals surface area contributed by atoms with Crippen LogP contribution in [0.4, 0.5) is 13.2 Å². The van der Waals surface area contributed by atoms with Crippen LogP contribution in [0.25, 0.3) is 0 Å². The van der Waals surface area contributed by atoms with Crippen molar-refractivity contribution in [2.75, 3.05) is 13.7 Å². The van der Waals surface area contributed by atoms with Crippen molar-refractivity contribution in [2.45, 2.75) is 33.6 Å². The largest absolute Gasteiger partial charge is 0.623 e. The van der Waals surface area contributed by atoms with Gasteiger partial charge in [0.2, 0.25) is 17.5 Å². The molecular formula is C17H20F3NO3. The minimum atomic E-state index is -1.72. The zero-order valence-corrected chi connectivity index (χ0v) is 14.1. The maximum absolute atomic E-state index is 13.8. The first-order valence-corrected chi connectivity index (χ1v) is 7.36. The van der Waals surface area contributed by atoms with Crippen LogP contribution in [0.15, 0.2) is 46.5 Å². The van der Waals surface area contributed by atoms with E-state index in [0.29, 0.717) is 0 Å². The molecule has 0 amide bonds. The molecule has 1 rings (SSSR count). The van der Waals surface area contributed by atoms with E-state index in [9.17, 15) is 23.2 Å². The van der Waals surface area contributed by atoms with Crippen molar-refractivity contribution in [1.29, 1.82) is 0 Å². The fourth-order valence-electron chi connectivity index (χ4n) is 1.97. The molecule has 132 valence electrons. The molecule has 0 saturated heterocycles. The number of ether oxygens (including phenoxy) is 1. The molecule has 0 spiro atoms. The minimum absolute atomic E-state index is 0.221. The molecule has 1 aliphatic carbocycles. The number of allylic oxidation sites excluding steroid dienone is 6. The van der Waals surface area contributed by atoms with E-state index in [1.54, 1.807) is 6.08 Å². The van der Waals surface area contributed by atoms with Gasteiger partial charge in [-0.15, -0.1) is 0 Å². The molecule has 0 bridgehead atoms. The van der Waals surface area contributed by atoms with Gasteiger partial charge in [0.15, 0.2) is 5.76 Å². The molecule has 0 unspecified atom stereocenters. The molecule has 1 aliphatic rings. The Kier molecular flexibility index (Phi) is 7.00. The van der Waals surface area contributed by atoms with Gasteiger partial charge < -0.3 is 9.94 Å². The van der Waals surface area contributed by atoms with Crippen LogP contribution >= 0.6 is 0 Å². The lowest BCUT2D eigenvalue weighted by atomic mass is 10.1. The minimum Gasteiger partial charge on any atom is -0.623 e. The second-order valence-electron chi connectivity index (χ2n) is 5.63. The van der Waals surface area contributed by atoms with Crippen molar-refractivity contribution in [3.63, 3.8) is 0 Å². The second kappa shape index (κ2) is 8.52. The molecule has 0 radical (unpaired) electrons. The van der Waals surface area contributed by atoms with Crippen LogP contribution in [-0.2, 0) is 9.53 Å². The highest BCUT2D eigenvalue weighted by Gasteiger charge is 2.41. The summed E-state index contributed by atoms with van der Waals surface area (Å²) >= 11 is 0. The molecule has 0 aromatic carbocycles. The van der Waals surface area contributed by atoms with Crippen molar-refractivity contribution < 1.29 is 27.4 Å². The number of carbonyl (C=O) groups excluding carboxylic acids is 1. The van der Waals surface area contributed by atoms with Gasteiger partial charge in [0, 0.05) is 0 Å². The summed E-state index contributed by atoms with van der Waals surface area (Å²) in [5.41, 5.74) is 0.892. The number of hydrogen-bond acceptors (Lipinski definition) is 3. The summed E-state index contributed by atoms with van der Waals surface area (Å²) in [7, 11) is 0.776. The number of hydrogen-bond donors (Lipinski definition) is 0. The fraction of sp³-hybridized carbons (Fsp3) is 0.412. The third-order valence-corrected chi connectivity index (χ3v) is 3.28. The zero-order chi connectivity index (χ0) is 18.4. The molecular weight excluding hydrogens is 323 g/mol. The van der Waals surface area contributed by atoms with E-state index in [1.807, 2.05) is 20.8 Å². The van der Waals surface area contributed by atoms with Gasteiger partial charge in [-0.1, -0.05) is 17.2 Å². The normalized spacial score (nSPS) is 18.1. The van der Waals surface area contributed by atoms with E-state index in [-0.39, 0.29) is 11.3 Å². The first-order chi connectivity index (χ1) is 11.2. The zero-order valence-electron chi connectivity index (χ0n) is 14.1. The summed E-state index contributed by atoms with van der Waals surface area (Å²) < 4.78 is 46.0. The van der Waals surface area contributed by atoms with Gasteiger partial charge >= 0.3 is 5.71 Å². The number of ketones is 1. The van der Waals surface area contributed by atoms with Crippen LogP contribution < -0.4 is 0 Å². The summed E-state index contributed by atoms with van der Waals surface area (Å²) in [6.45, 7) is 5.56. The molecule has 4 nitrogen and oxygen atoms in total. The van der Waals surface area contributed by atoms with Crippen LogP contribution in [-0.4, -0.2) is 29.9 Å². The van der Waals surface area contributed by atoms with Crippen molar-refractivity contribution in [3.8, 4) is 0 Å². The van der Waals surface area contributed by atoms with Gasteiger partial charge in [-0.2, -0.15) is 13.2 Å². The number of halogens is 3. The van der Waals surface area contributed by atoms with Crippen LogP contribution in [0.5, 0.6) is 0 Å². The fourth-order valence-corrected chi connectivity index (χ4v) is 1.97. The summed E-state index contributed by atoms with van der Waals surface area (Å²) in [5.74, 6) is -7.69. The van der Waals surface area contributed by atoms with Crippen molar-refractivity contribution in [2.24, 2.45) is 0 Å². The Morgan fingerprint density at radius 1 is 1.12 bits per heavy atom. The molecule has 0 saturated carbocycles. The van der Waals surface area contributed by atoms with Gasteiger partial charge in [0.05, 0.1) is 0 Å². The second-order valence-corrected chi connectivity index (χ2v) is 5.63. The predicted octanol–water partition coefficient (Wildman–Crippen LogP) is 4.19. The quantitative estimate of drug-likeness (QED) is 0.239. The van der Waals surface area contributed by atoms with Crippen LogP contribution in [0, 0.1) is 5.21 Å². The highest BCUT2D eigenvalue weighted by Crippen LogP contribution is 2.30. The lowest BCUT2D eigenvalue weighted by Gasteiger charge is -2.14. The van der Waals surface area contributed by atoms with Gasteiger partial charge in [-0.3, -0.25) is 4.79 Å². The van der Waals surface area contributed by atoms with E-state index in [4.69, 9.17) is 4.74 Å². The summed E-state index contributed by atoms with van der Waals surface area (Å²) in [4.78, 5) is 11.6. The maximum atomic E-state index is 13.8. The Bertz CT molecular complexity index is 677. The molecule has 0 fully saturated rings. The highest BCUT2D eigenvalue weighted by molar-refractivity contribution is 6.49. The van der Waals surface area contributed by atoms with Gasteiger partial charge in [0.25, 0.3) is 5.78 Å². The van der Waals surface area contributed by atoms with Crippen molar-refractivity contribution >= 4 is 11.5 Å². The van der Waals surface area contributed by atoms with Gasteiger partial charge in [-0.05, 0) is 39.7 Å². The lowest BCUT2D eigenvalue weighted by Crippen LogP contribution is -2.29. The monoisotopic (exact) mass is 343 g/mol.